The van der Waals surface area contributed by atoms with Crippen LogP contribution in [0.3, 0.4) is 0 Å². The zero-order valence-electron chi connectivity index (χ0n) is 21.5. The van der Waals surface area contributed by atoms with Gasteiger partial charge >= 0.3 is 5.69 Å². The van der Waals surface area contributed by atoms with E-state index >= 15 is 0 Å². The Balaban J connectivity index is 1.25. The topological polar surface area (TPSA) is 43.1 Å². The molecule has 3 heterocycles. The molecule has 0 unspecified atom stereocenters. The smallest absolute Gasteiger partial charge is 0.339 e. The summed E-state index contributed by atoms with van der Waals surface area (Å²) in [5, 5.41) is 4.88. The third-order valence-corrected chi connectivity index (χ3v) is 8.44. The number of benzene rings is 4. The third kappa shape index (κ3) is 4.18. The van der Waals surface area contributed by atoms with Gasteiger partial charge in [-0.05, 0) is 84.5 Å². The van der Waals surface area contributed by atoms with Gasteiger partial charge in [0.25, 0.3) is 0 Å². The Kier molecular flexibility index (Phi) is 6.15. The monoisotopic (exact) mass is 598 g/mol. The van der Waals surface area contributed by atoms with Crippen LogP contribution in [0.2, 0.25) is 0 Å². The highest BCUT2D eigenvalue weighted by Gasteiger charge is 2.33. The highest BCUT2D eigenvalue weighted by Crippen LogP contribution is 2.46. The second-order valence-corrected chi connectivity index (χ2v) is 11.2. The summed E-state index contributed by atoms with van der Waals surface area (Å²) in [6, 6.07) is 25.1. The second-order valence-electron chi connectivity index (χ2n) is 10.3. The molecule has 0 saturated carbocycles. The molecule has 40 heavy (non-hydrogen) atoms. The molecule has 0 amide bonds. The Morgan fingerprint density at radius 3 is 2.27 bits per heavy atom. The van der Waals surface area contributed by atoms with E-state index in [0.717, 1.165) is 51.2 Å². The summed E-state index contributed by atoms with van der Waals surface area (Å²) in [4.78, 5) is 16.2. The zero-order valence-corrected chi connectivity index (χ0v) is 23.1. The fourth-order valence-corrected chi connectivity index (χ4v) is 6.44. The van der Waals surface area contributed by atoms with Crippen molar-refractivity contribution in [2.75, 3.05) is 11.4 Å². The summed E-state index contributed by atoms with van der Waals surface area (Å²) < 4.78 is 31.5. The van der Waals surface area contributed by atoms with Gasteiger partial charge in [-0.25, -0.2) is 22.8 Å². The molecule has 1 aromatic heterocycles. The predicted molar refractivity (Wildman–Crippen MR) is 156 cm³/mol. The number of aryl methyl sites for hydroxylation is 1. The number of fused-ring (bicyclic) bond motifs is 5. The Morgan fingerprint density at radius 2 is 1.57 bits per heavy atom. The number of nitrogens with zero attached hydrogens (tertiary/aromatic N) is 4. The van der Waals surface area contributed by atoms with E-state index in [4.69, 9.17) is 5.10 Å². The molecule has 0 fully saturated rings. The Hall–Kier alpha value is -4.04. The minimum atomic E-state index is -0.300. The second kappa shape index (κ2) is 9.86. The van der Waals surface area contributed by atoms with Gasteiger partial charge in [0.15, 0.2) is 5.82 Å². The molecule has 5 aromatic rings. The SMILES string of the molecule is O=c1n(CCCC(c2ccc(F)cc2)c2ccc(F)cc2)nc2n1-c1cc(Br)ccc1N1CCc3cccc-2c31. The van der Waals surface area contributed by atoms with Crippen LogP contribution in [0.4, 0.5) is 20.2 Å². The van der Waals surface area contributed by atoms with E-state index in [-0.39, 0.29) is 23.2 Å². The number of para-hydroxylation sites is 1. The fourth-order valence-electron chi connectivity index (χ4n) is 6.09. The number of aromatic nitrogens is 3. The van der Waals surface area contributed by atoms with Crippen LogP contribution >= 0.6 is 15.9 Å². The van der Waals surface area contributed by atoms with Crippen molar-refractivity contribution >= 4 is 27.3 Å². The van der Waals surface area contributed by atoms with Crippen molar-refractivity contribution in [3.05, 3.63) is 128 Å². The molecule has 0 aliphatic carbocycles. The van der Waals surface area contributed by atoms with Crippen LogP contribution < -0.4 is 10.6 Å². The van der Waals surface area contributed by atoms with E-state index in [9.17, 15) is 13.6 Å². The molecule has 2 aliphatic heterocycles. The van der Waals surface area contributed by atoms with Gasteiger partial charge in [0.2, 0.25) is 0 Å². The van der Waals surface area contributed by atoms with Gasteiger partial charge in [-0.2, -0.15) is 0 Å². The minimum Gasteiger partial charge on any atom is -0.339 e. The number of rotatable bonds is 6. The van der Waals surface area contributed by atoms with Crippen molar-refractivity contribution in [3.63, 3.8) is 0 Å². The van der Waals surface area contributed by atoms with E-state index in [2.05, 4.69) is 33.0 Å². The zero-order chi connectivity index (χ0) is 27.4. The molecule has 0 N–H and O–H groups in total. The lowest BCUT2D eigenvalue weighted by Crippen LogP contribution is -2.25. The molecule has 4 aromatic carbocycles. The number of hydrogen-bond donors (Lipinski definition) is 0. The molecular weight excluding hydrogens is 574 g/mol. The molecule has 200 valence electrons. The first-order valence-electron chi connectivity index (χ1n) is 13.4. The largest absolute Gasteiger partial charge is 0.350 e. The van der Waals surface area contributed by atoms with Crippen LogP contribution in [-0.2, 0) is 13.0 Å². The first-order chi connectivity index (χ1) is 19.5. The van der Waals surface area contributed by atoms with E-state index in [1.54, 1.807) is 33.5 Å². The summed E-state index contributed by atoms with van der Waals surface area (Å²) in [6.07, 6.45) is 2.28. The average Bonchev–Trinajstić information content (AvgIpc) is 3.50. The van der Waals surface area contributed by atoms with E-state index < -0.39 is 0 Å². The molecule has 8 heteroatoms. The standard InChI is InChI=1S/C32H25BrF2N4O/c33-23-10-15-28-29(19-23)39-31(27-4-1-3-22-16-18-37(28)30(22)27)36-38(32(39)40)17-2-5-26(20-6-11-24(34)12-7-20)21-8-13-25(35)14-9-21/h1,3-4,6-15,19,26H,2,5,16-18H2. The van der Waals surface area contributed by atoms with Crippen molar-refractivity contribution in [1.29, 1.82) is 0 Å². The van der Waals surface area contributed by atoms with Crippen LogP contribution in [0.15, 0.2) is 94.2 Å². The number of anilines is 2. The summed E-state index contributed by atoms with van der Waals surface area (Å²) in [5.74, 6) is -0.0321. The first kappa shape index (κ1) is 25.0. The number of halogens is 3. The summed E-state index contributed by atoms with van der Waals surface area (Å²) in [7, 11) is 0. The van der Waals surface area contributed by atoms with Gasteiger partial charge in [-0.15, -0.1) is 5.10 Å². The molecule has 0 radical (unpaired) electrons. The number of hydrogen-bond acceptors (Lipinski definition) is 3. The van der Waals surface area contributed by atoms with Gasteiger partial charge in [0, 0.05) is 29.0 Å². The predicted octanol–water partition coefficient (Wildman–Crippen LogP) is 7.36. The van der Waals surface area contributed by atoms with Crippen molar-refractivity contribution in [2.45, 2.75) is 31.7 Å². The van der Waals surface area contributed by atoms with Crippen molar-refractivity contribution < 1.29 is 8.78 Å². The maximum atomic E-state index is 13.9. The maximum absolute atomic E-state index is 13.9. The van der Waals surface area contributed by atoms with Crippen LogP contribution in [0.5, 0.6) is 0 Å². The lowest BCUT2D eigenvalue weighted by atomic mass is 9.87. The van der Waals surface area contributed by atoms with E-state index in [1.165, 1.54) is 29.8 Å². The van der Waals surface area contributed by atoms with Crippen LogP contribution in [-0.4, -0.2) is 20.9 Å². The van der Waals surface area contributed by atoms with Crippen molar-refractivity contribution in [2.24, 2.45) is 0 Å². The maximum Gasteiger partial charge on any atom is 0.350 e. The molecular formula is C32H25BrF2N4O. The van der Waals surface area contributed by atoms with Gasteiger partial charge in [-0.3, -0.25) is 0 Å². The normalized spacial score (nSPS) is 13.2. The average molecular weight is 599 g/mol. The molecule has 0 bridgehead atoms. The minimum absolute atomic E-state index is 0.0695. The fraction of sp³-hybridized carbons (Fsp3) is 0.188. The first-order valence-corrected chi connectivity index (χ1v) is 14.2. The molecule has 0 saturated heterocycles. The van der Waals surface area contributed by atoms with Crippen LogP contribution in [0.25, 0.3) is 17.1 Å². The molecule has 0 atom stereocenters. The highest BCUT2D eigenvalue weighted by atomic mass is 79.9. The third-order valence-electron chi connectivity index (χ3n) is 7.95. The lowest BCUT2D eigenvalue weighted by molar-refractivity contribution is 0.521. The Labute approximate surface area is 238 Å². The summed E-state index contributed by atoms with van der Waals surface area (Å²) in [5.41, 5.74) is 6.82. The molecule has 5 nitrogen and oxygen atoms in total. The molecule has 0 spiro atoms. The highest BCUT2D eigenvalue weighted by molar-refractivity contribution is 9.10. The lowest BCUT2D eigenvalue weighted by Gasteiger charge is -2.21. The Bertz CT molecular complexity index is 1750. The summed E-state index contributed by atoms with van der Waals surface area (Å²) in [6.45, 7) is 1.27. The molecule has 7 rings (SSSR count). The van der Waals surface area contributed by atoms with Gasteiger partial charge in [-0.1, -0.05) is 52.3 Å². The van der Waals surface area contributed by atoms with Gasteiger partial charge in [0.05, 0.1) is 17.1 Å². The summed E-state index contributed by atoms with van der Waals surface area (Å²) >= 11 is 3.59. The van der Waals surface area contributed by atoms with Crippen molar-refractivity contribution in [1.82, 2.24) is 14.3 Å². The van der Waals surface area contributed by atoms with E-state index in [1.807, 2.05) is 24.3 Å². The van der Waals surface area contributed by atoms with Crippen LogP contribution in [0, 0.1) is 11.6 Å². The van der Waals surface area contributed by atoms with Crippen LogP contribution in [0.1, 0.15) is 35.4 Å². The molecule has 2 aliphatic rings. The van der Waals surface area contributed by atoms with Crippen molar-refractivity contribution in [3.8, 4) is 17.1 Å². The van der Waals surface area contributed by atoms with Gasteiger partial charge in [0.1, 0.15) is 11.6 Å². The van der Waals surface area contributed by atoms with Gasteiger partial charge < -0.3 is 4.90 Å². The quantitative estimate of drug-likeness (QED) is 0.205. The van der Waals surface area contributed by atoms with E-state index in [0.29, 0.717) is 25.2 Å². The Morgan fingerprint density at radius 1 is 0.875 bits per heavy atom.